The van der Waals surface area contributed by atoms with Crippen LogP contribution in [0.3, 0.4) is 0 Å². The minimum Gasteiger partial charge on any atom is -0.493 e. The average molecular weight is 429 g/mol. The lowest BCUT2D eigenvalue weighted by Crippen LogP contribution is -2.45. The zero-order valence-electron chi connectivity index (χ0n) is 17.3. The summed E-state index contributed by atoms with van der Waals surface area (Å²) in [5.74, 6) is 0.979. The van der Waals surface area contributed by atoms with E-state index in [4.69, 9.17) is 31.2 Å². The molecular weight excluding hydrogens is 404 g/mol. The maximum absolute atomic E-state index is 13.0. The van der Waals surface area contributed by atoms with Gasteiger partial charge in [-0.15, -0.1) is 0 Å². The first-order valence-electron chi connectivity index (χ1n) is 9.27. The molecular formula is C22H24N2O5S. The number of methoxy groups -OCH3 is 3. The van der Waals surface area contributed by atoms with Gasteiger partial charge in [-0.05, 0) is 42.4 Å². The average Bonchev–Trinajstić information content (AvgIpc) is 2.76. The second kappa shape index (κ2) is 9.49. The first kappa shape index (κ1) is 21.4. The summed E-state index contributed by atoms with van der Waals surface area (Å²) in [6.45, 7) is 1.96. The highest BCUT2D eigenvalue weighted by Gasteiger charge is 2.32. The van der Waals surface area contributed by atoms with Gasteiger partial charge in [-0.2, -0.15) is 0 Å². The Morgan fingerprint density at radius 1 is 1.03 bits per heavy atom. The van der Waals surface area contributed by atoms with Gasteiger partial charge in [0, 0.05) is 5.70 Å². The van der Waals surface area contributed by atoms with Crippen LogP contribution in [0.5, 0.6) is 17.2 Å². The fourth-order valence-corrected chi connectivity index (χ4v) is 3.55. The van der Waals surface area contributed by atoms with E-state index in [-0.39, 0.29) is 6.61 Å². The number of benzene rings is 2. The first-order chi connectivity index (χ1) is 14.5. The van der Waals surface area contributed by atoms with Gasteiger partial charge in [0.05, 0.1) is 32.9 Å². The van der Waals surface area contributed by atoms with Crippen LogP contribution in [-0.4, -0.2) is 32.4 Å². The van der Waals surface area contributed by atoms with Crippen LogP contribution in [0.1, 0.15) is 24.1 Å². The molecule has 1 aliphatic rings. The maximum atomic E-state index is 13.0. The van der Waals surface area contributed by atoms with Crippen LogP contribution < -0.4 is 24.8 Å². The van der Waals surface area contributed by atoms with E-state index in [0.717, 1.165) is 11.1 Å². The molecule has 0 amide bonds. The monoisotopic (exact) mass is 428 g/mol. The summed E-state index contributed by atoms with van der Waals surface area (Å²) in [6.07, 6.45) is 0. The Kier molecular flexibility index (Phi) is 6.79. The number of rotatable bonds is 7. The third-order valence-corrected chi connectivity index (χ3v) is 4.94. The molecule has 0 aromatic heterocycles. The van der Waals surface area contributed by atoms with Gasteiger partial charge in [0.25, 0.3) is 0 Å². The van der Waals surface area contributed by atoms with Gasteiger partial charge in [0.2, 0.25) is 5.75 Å². The smallest absolute Gasteiger partial charge is 0.338 e. The standard InChI is InChI=1S/C22H24N2O5S/c1-13-18(21(25)29-12-14-8-6-5-7-9-14)19(24-22(30)23-13)15-10-16(26-2)20(28-4)17(11-15)27-3/h5-11,19H,12H2,1-4H3,(H2,23,24,30). The zero-order chi connectivity index (χ0) is 21.7. The molecule has 0 fully saturated rings. The van der Waals surface area contributed by atoms with Crippen molar-refractivity contribution in [3.8, 4) is 17.2 Å². The van der Waals surface area contributed by atoms with E-state index in [1.165, 1.54) is 21.3 Å². The second-order valence-electron chi connectivity index (χ2n) is 6.59. The van der Waals surface area contributed by atoms with Crippen molar-refractivity contribution in [3.05, 3.63) is 64.9 Å². The fourth-order valence-electron chi connectivity index (χ4n) is 3.28. The third-order valence-electron chi connectivity index (χ3n) is 4.72. The summed E-state index contributed by atoms with van der Waals surface area (Å²) in [7, 11) is 4.61. The minimum absolute atomic E-state index is 0.170. The van der Waals surface area contributed by atoms with Gasteiger partial charge < -0.3 is 29.6 Å². The third kappa shape index (κ3) is 4.49. The van der Waals surface area contributed by atoms with Crippen LogP contribution in [-0.2, 0) is 16.1 Å². The predicted octanol–water partition coefficient (Wildman–Crippen LogP) is 3.25. The molecule has 1 heterocycles. The Hall–Kier alpha value is -3.26. The zero-order valence-corrected chi connectivity index (χ0v) is 18.1. The molecule has 0 spiro atoms. The Balaban J connectivity index is 1.96. The van der Waals surface area contributed by atoms with E-state index < -0.39 is 12.0 Å². The van der Waals surface area contributed by atoms with E-state index >= 15 is 0 Å². The number of esters is 1. The van der Waals surface area contributed by atoms with Crippen LogP contribution in [0.25, 0.3) is 0 Å². The largest absolute Gasteiger partial charge is 0.493 e. The first-order valence-corrected chi connectivity index (χ1v) is 9.68. The van der Waals surface area contributed by atoms with Crippen molar-refractivity contribution >= 4 is 23.3 Å². The summed E-state index contributed by atoms with van der Waals surface area (Å²) in [5.41, 5.74) is 2.67. The van der Waals surface area contributed by atoms with E-state index in [1.807, 2.05) is 30.3 Å². The lowest BCUT2D eigenvalue weighted by atomic mass is 9.95. The number of hydrogen-bond acceptors (Lipinski definition) is 6. The van der Waals surface area contributed by atoms with Crippen molar-refractivity contribution < 1.29 is 23.7 Å². The highest BCUT2D eigenvalue weighted by Crippen LogP contribution is 2.41. The minimum atomic E-state index is -0.546. The summed E-state index contributed by atoms with van der Waals surface area (Å²) in [4.78, 5) is 13.0. The van der Waals surface area contributed by atoms with E-state index in [0.29, 0.717) is 33.6 Å². The molecule has 1 unspecified atom stereocenters. The molecule has 2 N–H and O–H groups in total. The molecule has 8 heteroatoms. The Labute approximate surface area is 181 Å². The number of nitrogens with one attached hydrogen (secondary N) is 2. The number of allylic oxidation sites excluding steroid dienone is 1. The Morgan fingerprint density at radius 2 is 1.67 bits per heavy atom. The van der Waals surface area contributed by atoms with Crippen LogP contribution in [0.15, 0.2) is 53.7 Å². The summed E-state index contributed by atoms with van der Waals surface area (Å²) < 4.78 is 21.9. The molecule has 0 radical (unpaired) electrons. The molecule has 30 heavy (non-hydrogen) atoms. The molecule has 158 valence electrons. The number of ether oxygens (including phenoxy) is 4. The van der Waals surface area contributed by atoms with Gasteiger partial charge in [0.1, 0.15) is 6.61 Å². The van der Waals surface area contributed by atoms with Crippen molar-refractivity contribution in [2.75, 3.05) is 21.3 Å². The van der Waals surface area contributed by atoms with Crippen LogP contribution >= 0.6 is 12.2 Å². The van der Waals surface area contributed by atoms with E-state index in [1.54, 1.807) is 19.1 Å². The van der Waals surface area contributed by atoms with Crippen molar-refractivity contribution in [2.24, 2.45) is 0 Å². The van der Waals surface area contributed by atoms with Gasteiger partial charge in [-0.25, -0.2) is 4.79 Å². The SMILES string of the molecule is COc1cc(C2NC(=S)NC(C)=C2C(=O)OCc2ccccc2)cc(OC)c1OC. The summed E-state index contributed by atoms with van der Waals surface area (Å²) in [6, 6.07) is 12.5. The Morgan fingerprint density at radius 3 is 2.23 bits per heavy atom. The number of carbonyl (C=O) groups excluding carboxylic acids is 1. The van der Waals surface area contributed by atoms with Gasteiger partial charge in [-0.1, -0.05) is 30.3 Å². The van der Waals surface area contributed by atoms with Crippen LogP contribution in [0, 0.1) is 0 Å². The Bertz CT molecular complexity index is 950. The van der Waals surface area contributed by atoms with E-state index in [9.17, 15) is 4.79 Å². The highest BCUT2D eigenvalue weighted by atomic mass is 32.1. The quantitative estimate of drug-likeness (QED) is 0.514. The molecule has 3 rings (SSSR count). The maximum Gasteiger partial charge on any atom is 0.338 e. The van der Waals surface area contributed by atoms with Gasteiger partial charge in [0.15, 0.2) is 16.6 Å². The summed E-state index contributed by atoms with van der Waals surface area (Å²) in [5, 5.41) is 6.55. The molecule has 0 bridgehead atoms. The van der Waals surface area contributed by atoms with Gasteiger partial charge in [-0.3, -0.25) is 0 Å². The lowest BCUT2D eigenvalue weighted by molar-refractivity contribution is -0.140. The van der Waals surface area contributed by atoms with Crippen molar-refractivity contribution in [1.29, 1.82) is 0 Å². The molecule has 7 nitrogen and oxygen atoms in total. The van der Waals surface area contributed by atoms with Crippen molar-refractivity contribution in [1.82, 2.24) is 10.6 Å². The number of thiocarbonyl (C=S) groups is 1. The molecule has 0 aliphatic carbocycles. The van der Waals surface area contributed by atoms with Crippen LogP contribution in [0.4, 0.5) is 0 Å². The molecule has 2 aromatic carbocycles. The van der Waals surface area contributed by atoms with E-state index in [2.05, 4.69) is 10.6 Å². The fraction of sp³-hybridized carbons (Fsp3) is 0.273. The topological polar surface area (TPSA) is 78.1 Å². The second-order valence-corrected chi connectivity index (χ2v) is 7.00. The molecule has 2 aromatic rings. The predicted molar refractivity (Wildman–Crippen MR) is 117 cm³/mol. The molecule has 1 atom stereocenters. The normalized spacial score (nSPS) is 15.7. The van der Waals surface area contributed by atoms with Gasteiger partial charge >= 0.3 is 5.97 Å². The summed E-state index contributed by atoms with van der Waals surface area (Å²) >= 11 is 5.32. The highest BCUT2D eigenvalue weighted by molar-refractivity contribution is 7.80. The number of carbonyl (C=O) groups is 1. The van der Waals surface area contributed by atoms with Crippen LogP contribution in [0.2, 0.25) is 0 Å². The molecule has 0 saturated heterocycles. The number of hydrogen-bond donors (Lipinski definition) is 2. The molecule has 0 saturated carbocycles. The molecule has 1 aliphatic heterocycles. The van der Waals surface area contributed by atoms with Crippen molar-refractivity contribution in [3.63, 3.8) is 0 Å². The lowest BCUT2D eigenvalue weighted by Gasteiger charge is -2.30. The van der Waals surface area contributed by atoms with Crippen molar-refractivity contribution in [2.45, 2.75) is 19.6 Å².